The van der Waals surface area contributed by atoms with Gasteiger partial charge in [0.15, 0.2) is 10.2 Å². The molecule has 3 aromatic rings. The Bertz CT molecular complexity index is 1120. The highest BCUT2D eigenvalue weighted by atomic mass is 32.2. The number of carbonyl (C=O) groups is 1. The molecule has 9 nitrogen and oxygen atoms in total. The zero-order valence-corrected chi connectivity index (χ0v) is 16.8. The summed E-state index contributed by atoms with van der Waals surface area (Å²) in [4.78, 5) is 20.7. The number of aromatic nitrogens is 3. The van der Waals surface area contributed by atoms with E-state index in [1.165, 1.54) is 32.7 Å². The van der Waals surface area contributed by atoms with Crippen LogP contribution < -0.4 is 5.32 Å². The Balaban J connectivity index is 1.43. The van der Waals surface area contributed by atoms with Crippen LogP contribution in [0, 0.1) is 6.92 Å². The van der Waals surface area contributed by atoms with Gasteiger partial charge in [-0.15, -0.1) is 0 Å². The van der Waals surface area contributed by atoms with Gasteiger partial charge in [-0.1, -0.05) is 17.4 Å². The Morgan fingerprint density at radius 2 is 2.11 bits per heavy atom. The van der Waals surface area contributed by atoms with Crippen LogP contribution in [-0.4, -0.2) is 59.5 Å². The number of ether oxygens (including phenoxy) is 1. The highest BCUT2D eigenvalue weighted by Crippen LogP contribution is 2.26. The number of rotatable bonds is 5. The molecular formula is C17H19N5O4S2. The first-order valence-corrected chi connectivity index (χ1v) is 10.9. The predicted molar refractivity (Wildman–Crippen MR) is 105 cm³/mol. The average Bonchev–Trinajstić information content (AvgIpc) is 3.28. The van der Waals surface area contributed by atoms with E-state index in [-0.39, 0.29) is 17.5 Å². The summed E-state index contributed by atoms with van der Waals surface area (Å²) >= 11 is 1.40. The van der Waals surface area contributed by atoms with Gasteiger partial charge in [0.05, 0.1) is 29.8 Å². The minimum atomic E-state index is -3.68. The van der Waals surface area contributed by atoms with E-state index in [9.17, 15) is 13.2 Å². The fourth-order valence-corrected chi connectivity index (χ4v) is 5.21. The molecule has 1 amide bonds. The van der Waals surface area contributed by atoms with E-state index in [2.05, 4.69) is 15.3 Å². The molecule has 1 aliphatic rings. The number of nitrogens with one attached hydrogen (secondary N) is 1. The van der Waals surface area contributed by atoms with Crippen molar-refractivity contribution in [3.63, 3.8) is 0 Å². The molecule has 28 heavy (non-hydrogen) atoms. The van der Waals surface area contributed by atoms with Crippen LogP contribution in [0.2, 0.25) is 0 Å². The smallest absolute Gasteiger partial charge is 0.262 e. The monoisotopic (exact) mass is 421 g/mol. The zero-order valence-electron chi connectivity index (χ0n) is 15.2. The number of anilines is 1. The minimum absolute atomic E-state index is 0.0550. The van der Waals surface area contributed by atoms with Crippen molar-refractivity contribution in [1.29, 1.82) is 0 Å². The van der Waals surface area contributed by atoms with Gasteiger partial charge in [-0.05, 0) is 24.6 Å². The van der Waals surface area contributed by atoms with Crippen molar-refractivity contribution in [2.24, 2.45) is 0 Å². The number of nitrogens with zero attached hydrogens (tertiary/aromatic N) is 4. The van der Waals surface area contributed by atoms with Crippen molar-refractivity contribution in [3.05, 3.63) is 36.3 Å². The maximum atomic E-state index is 12.6. The number of aryl methyl sites for hydroxylation is 1. The van der Waals surface area contributed by atoms with E-state index < -0.39 is 10.0 Å². The first kappa shape index (κ1) is 19.0. The molecule has 1 aromatic carbocycles. The summed E-state index contributed by atoms with van der Waals surface area (Å²) in [5, 5.41) is 3.19. The summed E-state index contributed by atoms with van der Waals surface area (Å²) in [6, 6.07) is 5.90. The lowest BCUT2D eigenvalue weighted by Gasteiger charge is -2.24. The molecule has 0 bridgehead atoms. The Labute approximate surface area is 166 Å². The van der Waals surface area contributed by atoms with Crippen LogP contribution in [0.15, 0.2) is 35.7 Å². The number of benzene rings is 1. The highest BCUT2D eigenvalue weighted by molar-refractivity contribution is 7.89. The van der Waals surface area contributed by atoms with Crippen LogP contribution in [0.4, 0.5) is 5.13 Å². The van der Waals surface area contributed by atoms with Gasteiger partial charge in [-0.25, -0.2) is 18.4 Å². The number of carbonyl (C=O) groups excluding carboxylic acids is 1. The van der Waals surface area contributed by atoms with Crippen molar-refractivity contribution < 1.29 is 17.9 Å². The first-order chi connectivity index (χ1) is 13.4. The second-order valence-electron chi connectivity index (χ2n) is 6.44. The molecule has 4 rings (SSSR count). The van der Waals surface area contributed by atoms with Crippen molar-refractivity contribution >= 4 is 42.6 Å². The molecule has 11 heteroatoms. The Morgan fingerprint density at radius 1 is 1.32 bits per heavy atom. The predicted octanol–water partition coefficient (Wildman–Crippen LogP) is 1.46. The molecule has 1 aliphatic heterocycles. The fourth-order valence-electron chi connectivity index (χ4n) is 2.89. The van der Waals surface area contributed by atoms with E-state index in [0.717, 1.165) is 15.8 Å². The van der Waals surface area contributed by atoms with E-state index in [4.69, 9.17) is 4.74 Å². The number of morpholine rings is 1. The molecule has 0 atom stereocenters. The third-order valence-electron chi connectivity index (χ3n) is 4.30. The lowest BCUT2D eigenvalue weighted by atomic mass is 10.2. The van der Waals surface area contributed by atoms with Crippen molar-refractivity contribution in [2.75, 3.05) is 31.6 Å². The van der Waals surface area contributed by atoms with Crippen molar-refractivity contribution in [3.8, 4) is 0 Å². The van der Waals surface area contributed by atoms with Crippen molar-refractivity contribution in [2.45, 2.75) is 18.5 Å². The second kappa shape index (κ2) is 7.59. The van der Waals surface area contributed by atoms with Gasteiger partial charge in [0.1, 0.15) is 6.54 Å². The molecule has 0 aliphatic carbocycles. The number of fused-ring (bicyclic) bond motifs is 1. The molecule has 2 aromatic heterocycles. The summed E-state index contributed by atoms with van der Waals surface area (Å²) in [5.41, 5.74) is 1.95. The zero-order chi connectivity index (χ0) is 19.7. The van der Waals surface area contributed by atoms with E-state index >= 15 is 0 Å². The normalized spacial score (nSPS) is 15.8. The van der Waals surface area contributed by atoms with E-state index in [0.29, 0.717) is 31.4 Å². The number of hydrogen-bond acceptors (Lipinski definition) is 7. The fraction of sp³-hybridized carbons (Fsp3) is 0.353. The quantitative estimate of drug-likeness (QED) is 0.669. The lowest BCUT2D eigenvalue weighted by molar-refractivity contribution is -0.116. The molecule has 1 saturated heterocycles. The molecule has 0 unspecified atom stereocenters. The van der Waals surface area contributed by atoms with E-state index in [1.807, 2.05) is 25.1 Å². The number of sulfonamides is 1. The second-order valence-corrected chi connectivity index (χ2v) is 9.35. The molecule has 1 N–H and O–H groups in total. The minimum Gasteiger partial charge on any atom is -0.379 e. The summed E-state index contributed by atoms with van der Waals surface area (Å²) < 4.78 is 34.1. The molecule has 148 valence electrons. The Kier molecular flexibility index (Phi) is 5.15. The summed E-state index contributed by atoms with van der Waals surface area (Å²) in [6.45, 7) is 3.27. The van der Waals surface area contributed by atoms with Gasteiger partial charge in [0.25, 0.3) is 10.0 Å². The molecule has 0 spiro atoms. The van der Waals surface area contributed by atoms with Gasteiger partial charge in [-0.3, -0.25) is 4.79 Å². The molecular weight excluding hydrogens is 402 g/mol. The number of hydrogen-bond donors (Lipinski definition) is 1. The summed E-state index contributed by atoms with van der Waals surface area (Å²) in [6.07, 6.45) is 2.71. The highest BCUT2D eigenvalue weighted by Gasteiger charge is 2.28. The third kappa shape index (κ3) is 3.92. The topological polar surface area (TPSA) is 106 Å². The maximum Gasteiger partial charge on any atom is 0.262 e. The molecule has 3 heterocycles. The van der Waals surface area contributed by atoms with Gasteiger partial charge in [0.2, 0.25) is 5.91 Å². The molecule has 0 radical (unpaired) electrons. The van der Waals surface area contributed by atoms with Gasteiger partial charge < -0.3 is 14.6 Å². The summed E-state index contributed by atoms with van der Waals surface area (Å²) in [5.74, 6) is -0.302. The van der Waals surface area contributed by atoms with Crippen LogP contribution in [0.3, 0.4) is 0 Å². The molecule has 1 fully saturated rings. The Morgan fingerprint density at radius 3 is 2.89 bits per heavy atom. The van der Waals surface area contributed by atoms with Gasteiger partial charge >= 0.3 is 0 Å². The SMILES string of the molecule is Cc1ccc2nc(NC(=O)Cn3cnc(S(=O)(=O)N4CCOCC4)c3)sc2c1. The van der Waals surface area contributed by atoms with Crippen LogP contribution in [0.25, 0.3) is 10.2 Å². The van der Waals surface area contributed by atoms with Gasteiger partial charge in [-0.2, -0.15) is 4.31 Å². The molecule has 0 saturated carbocycles. The van der Waals surface area contributed by atoms with E-state index in [1.54, 1.807) is 0 Å². The van der Waals surface area contributed by atoms with Crippen LogP contribution >= 0.6 is 11.3 Å². The standard InChI is InChI=1S/C17H19N5O4S2/c1-12-2-3-13-14(8-12)27-17(19-13)20-15(23)9-21-10-16(18-11-21)28(24,25)22-4-6-26-7-5-22/h2-3,8,10-11H,4-7,9H2,1H3,(H,19,20,23). The lowest BCUT2D eigenvalue weighted by Crippen LogP contribution is -2.40. The maximum absolute atomic E-state index is 12.6. The summed E-state index contributed by atoms with van der Waals surface area (Å²) in [7, 11) is -3.68. The number of imidazole rings is 1. The van der Waals surface area contributed by atoms with Crippen LogP contribution in [0.1, 0.15) is 5.56 Å². The Hall–Kier alpha value is -2.34. The van der Waals surface area contributed by atoms with Gasteiger partial charge in [0, 0.05) is 19.3 Å². The average molecular weight is 422 g/mol. The number of thiazole rings is 1. The van der Waals surface area contributed by atoms with Crippen LogP contribution in [0.5, 0.6) is 0 Å². The largest absolute Gasteiger partial charge is 0.379 e. The third-order valence-corrected chi connectivity index (χ3v) is 7.02. The van der Waals surface area contributed by atoms with Crippen molar-refractivity contribution in [1.82, 2.24) is 18.8 Å². The van der Waals surface area contributed by atoms with Crippen LogP contribution in [-0.2, 0) is 26.1 Å². The first-order valence-electron chi connectivity index (χ1n) is 8.68. The number of amides is 1.